The summed E-state index contributed by atoms with van der Waals surface area (Å²) < 4.78 is 45.0. The lowest BCUT2D eigenvalue weighted by atomic mass is 9.88. The van der Waals surface area contributed by atoms with Gasteiger partial charge in [0.05, 0.1) is 20.3 Å². The molecule has 0 aromatic heterocycles. The monoisotopic (exact) mass is 438 g/mol. The Balaban J connectivity index is 0.00000107. The fourth-order valence-corrected chi connectivity index (χ4v) is 4.09. The van der Waals surface area contributed by atoms with Crippen LogP contribution in [0, 0.1) is 5.92 Å². The molecule has 0 N–H and O–H groups in total. The highest BCUT2D eigenvalue weighted by Gasteiger charge is 2.26. The van der Waals surface area contributed by atoms with Crippen LogP contribution in [0.5, 0.6) is 0 Å². The molecule has 176 valence electrons. The van der Waals surface area contributed by atoms with E-state index >= 15 is 0 Å². The van der Waals surface area contributed by atoms with E-state index in [1.165, 1.54) is 44.8 Å². The van der Waals surface area contributed by atoms with Crippen LogP contribution in [0.1, 0.15) is 85.0 Å². The summed E-state index contributed by atoms with van der Waals surface area (Å²) in [6, 6.07) is 0. The van der Waals surface area contributed by atoms with E-state index in [0.29, 0.717) is 37.4 Å². The van der Waals surface area contributed by atoms with Gasteiger partial charge in [0, 0.05) is 6.42 Å². The number of rotatable bonds is 8. The fourth-order valence-electron chi connectivity index (χ4n) is 4.09. The molecule has 5 heteroatoms. The molecule has 2 atom stereocenters. The molecule has 2 aliphatic carbocycles. The Morgan fingerprint density at radius 3 is 2.35 bits per heavy atom. The predicted octanol–water partition coefficient (Wildman–Crippen LogP) is 7.85. The van der Waals surface area contributed by atoms with Crippen molar-refractivity contribution in [1.82, 2.24) is 0 Å². The van der Waals surface area contributed by atoms with E-state index in [9.17, 15) is 8.78 Å². The van der Waals surface area contributed by atoms with E-state index in [1.807, 2.05) is 12.2 Å². The van der Waals surface area contributed by atoms with Gasteiger partial charge in [-0.1, -0.05) is 52.2 Å². The third kappa shape index (κ3) is 7.87. The number of methoxy groups -OCH3 is 1. The van der Waals surface area contributed by atoms with Gasteiger partial charge >= 0.3 is 0 Å². The highest BCUT2D eigenvalue weighted by atomic mass is 19.2. The van der Waals surface area contributed by atoms with Crippen molar-refractivity contribution in [3.8, 4) is 0 Å². The minimum atomic E-state index is -0.852. The lowest BCUT2D eigenvalue weighted by Gasteiger charge is -2.29. The largest absolute Gasteiger partial charge is 0.498 e. The summed E-state index contributed by atoms with van der Waals surface area (Å²) in [6.45, 7) is 7.80. The first-order chi connectivity index (χ1) is 15.0. The Bertz CT molecular complexity index is 683. The van der Waals surface area contributed by atoms with E-state index in [4.69, 9.17) is 14.2 Å². The minimum Gasteiger partial charge on any atom is -0.498 e. The van der Waals surface area contributed by atoms with Crippen molar-refractivity contribution in [1.29, 1.82) is 0 Å². The van der Waals surface area contributed by atoms with Gasteiger partial charge < -0.3 is 14.2 Å². The highest BCUT2D eigenvalue weighted by molar-refractivity contribution is 5.46. The van der Waals surface area contributed by atoms with E-state index in [0.717, 1.165) is 25.0 Å². The molecule has 0 radical (unpaired) electrons. The van der Waals surface area contributed by atoms with Gasteiger partial charge in [-0.3, -0.25) is 0 Å². The van der Waals surface area contributed by atoms with E-state index in [2.05, 4.69) is 20.8 Å². The molecule has 3 rings (SSSR count). The normalized spacial score (nSPS) is 24.3. The fraction of sp³-hybridized carbons (Fsp3) is 0.692. The van der Waals surface area contributed by atoms with Crippen LogP contribution in [0.2, 0.25) is 0 Å². The lowest BCUT2D eigenvalue weighted by molar-refractivity contribution is -0.171. The van der Waals surface area contributed by atoms with Gasteiger partial charge in [-0.05, 0) is 61.2 Å². The number of halogens is 2. The molecule has 0 aromatic rings. The summed E-state index contributed by atoms with van der Waals surface area (Å²) in [4.78, 5) is 0. The maximum atomic E-state index is 14.3. The van der Waals surface area contributed by atoms with Gasteiger partial charge in [-0.25, -0.2) is 8.78 Å². The minimum absolute atomic E-state index is 0.103. The van der Waals surface area contributed by atoms with Crippen molar-refractivity contribution in [2.45, 2.75) is 91.3 Å². The van der Waals surface area contributed by atoms with Crippen molar-refractivity contribution in [2.24, 2.45) is 5.92 Å². The standard InChI is InChI=1S/C23H32F2O3.C3H8/c1-3-4-5-16-8-13-21(27-14-16)28-15-17-6-9-18(10-7-17)19-11-12-20(26-2)23(25)22(19)24;1-3-2/h6,9,16,21H,3-5,7-8,10-15H2,1-2H3;3H2,1-2H3. The molecule has 0 saturated carbocycles. The van der Waals surface area contributed by atoms with Crippen LogP contribution in [0.15, 0.2) is 46.3 Å². The Labute approximate surface area is 187 Å². The topological polar surface area (TPSA) is 27.7 Å². The molecular weight excluding hydrogens is 398 g/mol. The summed E-state index contributed by atoms with van der Waals surface area (Å²) in [7, 11) is 1.38. The maximum Gasteiger partial charge on any atom is 0.196 e. The molecule has 1 heterocycles. The van der Waals surface area contributed by atoms with Crippen LogP contribution in [0.3, 0.4) is 0 Å². The van der Waals surface area contributed by atoms with Gasteiger partial charge in [-0.2, -0.15) is 0 Å². The van der Waals surface area contributed by atoms with Gasteiger partial charge in [0.1, 0.15) is 5.76 Å². The van der Waals surface area contributed by atoms with Crippen molar-refractivity contribution in [2.75, 3.05) is 20.3 Å². The molecule has 3 aliphatic rings. The number of unbranched alkanes of at least 4 members (excludes halogenated alkanes) is 1. The Morgan fingerprint density at radius 2 is 1.77 bits per heavy atom. The smallest absolute Gasteiger partial charge is 0.196 e. The molecule has 0 aromatic carbocycles. The van der Waals surface area contributed by atoms with Crippen LogP contribution in [-0.2, 0) is 14.2 Å². The summed E-state index contributed by atoms with van der Waals surface area (Å²) in [6.07, 6.45) is 13.3. The maximum absolute atomic E-state index is 14.3. The molecular formula is C26H40F2O3. The van der Waals surface area contributed by atoms with Crippen molar-refractivity contribution < 1.29 is 23.0 Å². The van der Waals surface area contributed by atoms with Crippen LogP contribution >= 0.6 is 0 Å². The highest BCUT2D eigenvalue weighted by Crippen LogP contribution is 2.38. The summed E-state index contributed by atoms with van der Waals surface area (Å²) in [5, 5.41) is 0. The van der Waals surface area contributed by atoms with Crippen LogP contribution < -0.4 is 0 Å². The van der Waals surface area contributed by atoms with Crippen molar-refractivity contribution >= 4 is 0 Å². The Kier molecular flexibility index (Phi) is 11.5. The predicted molar refractivity (Wildman–Crippen MR) is 122 cm³/mol. The first kappa shape index (κ1) is 25.8. The van der Waals surface area contributed by atoms with E-state index in [1.54, 1.807) is 0 Å². The summed E-state index contributed by atoms with van der Waals surface area (Å²) >= 11 is 0. The second-order valence-electron chi connectivity index (χ2n) is 8.62. The van der Waals surface area contributed by atoms with Crippen LogP contribution in [-0.4, -0.2) is 26.6 Å². The molecule has 1 fully saturated rings. The van der Waals surface area contributed by atoms with E-state index in [-0.39, 0.29) is 12.0 Å². The first-order valence-corrected chi connectivity index (χ1v) is 12.0. The average Bonchev–Trinajstić information content (AvgIpc) is 2.80. The van der Waals surface area contributed by atoms with Gasteiger partial charge in [0.2, 0.25) is 0 Å². The van der Waals surface area contributed by atoms with Gasteiger partial charge in [0.25, 0.3) is 0 Å². The molecule has 1 saturated heterocycles. The quantitative estimate of drug-likeness (QED) is 0.386. The third-order valence-corrected chi connectivity index (χ3v) is 5.92. The number of hydrogen-bond donors (Lipinski definition) is 0. The van der Waals surface area contributed by atoms with Gasteiger partial charge in [-0.15, -0.1) is 0 Å². The first-order valence-electron chi connectivity index (χ1n) is 12.0. The number of hydrogen-bond acceptors (Lipinski definition) is 3. The van der Waals surface area contributed by atoms with Crippen molar-refractivity contribution in [3.63, 3.8) is 0 Å². The summed E-state index contributed by atoms with van der Waals surface area (Å²) in [5.74, 6) is -0.845. The molecule has 0 bridgehead atoms. The van der Waals surface area contributed by atoms with Crippen molar-refractivity contribution in [3.05, 3.63) is 46.3 Å². The molecule has 0 spiro atoms. The average molecular weight is 439 g/mol. The second kappa shape index (κ2) is 13.8. The zero-order valence-corrected chi connectivity index (χ0v) is 19.8. The number of ether oxygens (including phenoxy) is 3. The third-order valence-electron chi connectivity index (χ3n) is 5.92. The van der Waals surface area contributed by atoms with Gasteiger partial charge in [0.15, 0.2) is 17.9 Å². The Hall–Kier alpha value is -1.46. The van der Waals surface area contributed by atoms with E-state index < -0.39 is 11.7 Å². The van der Waals surface area contributed by atoms with Crippen LogP contribution in [0.4, 0.5) is 8.78 Å². The zero-order valence-electron chi connectivity index (χ0n) is 19.8. The van der Waals surface area contributed by atoms with Crippen LogP contribution in [0.25, 0.3) is 0 Å². The zero-order chi connectivity index (χ0) is 22.6. The SMILES string of the molecule is CCC.CCCCC1CCC(OCC2=CC=C(C3=C(F)C(F)=C(OC)CC3)CC2)OC1. The molecule has 31 heavy (non-hydrogen) atoms. The summed E-state index contributed by atoms with van der Waals surface area (Å²) in [5.41, 5.74) is 2.52. The lowest BCUT2D eigenvalue weighted by Crippen LogP contribution is -2.28. The molecule has 0 amide bonds. The second-order valence-corrected chi connectivity index (χ2v) is 8.62. The molecule has 2 unspecified atom stereocenters. The molecule has 1 aliphatic heterocycles. The molecule has 3 nitrogen and oxygen atoms in total. The Morgan fingerprint density at radius 1 is 1.00 bits per heavy atom. The number of allylic oxidation sites excluding steroid dienone is 7.